The number of nitrogens with one attached hydrogen (secondary N) is 1. The summed E-state index contributed by atoms with van der Waals surface area (Å²) in [6.45, 7) is 4.49. The number of carbonyl (C=O) groups is 1. The van der Waals surface area contributed by atoms with Crippen LogP contribution in [0.4, 0.5) is 0 Å². The number of carbonyl (C=O) groups excluding carboxylic acids is 1. The van der Waals surface area contributed by atoms with Crippen molar-refractivity contribution in [1.29, 1.82) is 5.26 Å². The molecular weight excluding hydrogens is 252 g/mol. The standard InChI is InChI=1S/C12H20N2OS2/c1-3-12(4-2,9-13)11(15)14-7-10-8-16-5-6-17-10/h10H,3-8H2,1-2H3,(H,14,15). The van der Waals surface area contributed by atoms with Crippen LogP contribution in [0.15, 0.2) is 0 Å². The Bertz CT molecular complexity index is 291. The molecular formula is C12H20N2OS2. The van der Waals surface area contributed by atoms with Gasteiger partial charge in [-0.1, -0.05) is 13.8 Å². The van der Waals surface area contributed by atoms with Gasteiger partial charge in [0.15, 0.2) is 0 Å². The topological polar surface area (TPSA) is 52.9 Å². The fourth-order valence-electron chi connectivity index (χ4n) is 1.81. The van der Waals surface area contributed by atoms with Gasteiger partial charge in [-0.15, -0.1) is 0 Å². The van der Waals surface area contributed by atoms with Crippen molar-refractivity contribution in [2.75, 3.05) is 23.8 Å². The number of amides is 1. The predicted octanol–water partition coefficient (Wildman–Crippen LogP) is 2.28. The van der Waals surface area contributed by atoms with E-state index < -0.39 is 5.41 Å². The number of hydrogen-bond acceptors (Lipinski definition) is 4. The van der Waals surface area contributed by atoms with Crippen LogP contribution < -0.4 is 5.32 Å². The highest BCUT2D eigenvalue weighted by atomic mass is 32.2. The molecule has 0 bridgehead atoms. The minimum Gasteiger partial charge on any atom is -0.354 e. The van der Waals surface area contributed by atoms with Crippen LogP contribution in [0.1, 0.15) is 26.7 Å². The lowest BCUT2D eigenvalue weighted by atomic mass is 9.83. The van der Waals surface area contributed by atoms with Crippen LogP contribution in [0.3, 0.4) is 0 Å². The van der Waals surface area contributed by atoms with E-state index in [0.717, 1.165) is 11.5 Å². The number of nitrogens with zero attached hydrogens (tertiary/aromatic N) is 1. The Kier molecular flexibility index (Phi) is 6.21. The second-order valence-corrected chi connectivity index (χ2v) is 6.74. The van der Waals surface area contributed by atoms with Gasteiger partial charge in [-0.3, -0.25) is 4.79 Å². The van der Waals surface area contributed by atoms with Crippen LogP contribution >= 0.6 is 23.5 Å². The van der Waals surface area contributed by atoms with Gasteiger partial charge >= 0.3 is 0 Å². The summed E-state index contributed by atoms with van der Waals surface area (Å²) in [5.74, 6) is 3.38. The van der Waals surface area contributed by atoms with Crippen LogP contribution in [-0.2, 0) is 4.79 Å². The third-order valence-electron chi connectivity index (χ3n) is 3.23. The minimum atomic E-state index is -0.827. The first-order chi connectivity index (χ1) is 8.18. The summed E-state index contributed by atoms with van der Waals surface area (Å²) in [4.78, 5) is 12.1. The Morgan fingerprint density at radius 2 is 2.18 bits per heavy atom. The lowest BCUT2D eigenvalue weighted by molar-refractivity contribution is -0.128. The third-order valence-corrected chi connectivity index (χ3v) is 6.08. The largest absolute Gasteiger partial charge is 0.354 e. The zero-order valence-electron chi connectivity index (χ0n) is 10.5. The molecule has 1 saturated heterocycles. The molecule has 0 saturated carbocycles. The monoisotopic (exact) mass is 272 g/mol. The van der Waals surface area contributed by atoms with E-state index in [1.54, 1.807) is 0 Å². The van der Waals surface area contributed by atoms with Crippen LogP contribution in [0.25, 0.3) is 0 Å². The zero-order chi connectivity index (χ0) is 12.7. The van der Waals surface area contributed by atoms with Gasteiger partial charge in [-0.2, -0.15) is 28.8 Å². The molecule has 1 heterocycles. The van der Waals surface area contributed by atoms with E-state index in [0.29, 0.717) is 24.6 Å². The van der Waals surface area contributed by atoms with E-state index in [1.807, 2.05) is 37.4 Å². The molecule has 3 nitrogen and oxygen atoms in total. The van der Waals surface area contributed by atoms with Crippen LogP contribution in [0.5, 0.6) is 0 Å². The van der Waals surface area contributed by atoms with Gasteiger partial charge in [0.25, 0.3) is 0 Å². The number of nitriles is 1. The molecule has 5 heteroatoms. The summed E-state index contributed by atoms with van der Waals surface area (Å²) in [6.07, 6.45) is 1.16. The van der Waals surface area contributed by atoms with E-state index in [1.165, 1.54) is 5.75 Å². The predicted molar refractivity (Wildman–Crippen MR) is 75.2 cm³/mol. The highest BCUT2D eigenvalue weighted by Gasteiger charge is 2.35. The van der Waals surface area contributed by atoms with E-state index in [2.05, 4.69) is 11.4 Å². The summed E-state index contributed by atoms with van der Waals surface area (Å²) < 4.78 is 0. The maximum atomic E-state index is 12.1. The van der Waals surface area contributed by atoms with Crippen LogP contribution in [0.2, 0.25) is 0 Å². The molecule has 0 aromatic carbocycles. The first-order valence-electron chi connectivity index (χ1n) is 6.07. The SMILES string of the molecule is CCC(C#N)(CC)C(=O)NCC1CSCCS1. The summed E-state index contributed by atoms with van der Waals surface area (Å²) in [5.41, 5.74) is -0.827. The Labute approximate surface area is 112 Å². The normalized spacial score (nSPS) is 20.6. The van der Waals surface area contributed by atoms with E-state index in [9.17, 15) is 4.79 Å². The average Bonchev–Trinajstić information content (AvgIpc) is 2.40. The molecule has 96 valence electrons. The van der Waals surface area contributed by atoms with Crippen molar-refractivity contribution in [3.05, 3.63) is 0 Å². The molecule has 1 fully saturated rings. The van der Waals surface area contributed by atoms with Crippen LogP contribution in [-0.4, -0.2) is 35.0 Å². The first kappa shape index (κ1) is 14.7. The summed E-state index contributed by atoms with van der Waals surface area (Å²) in [5, 5.41) is 12.6. The Hall–Kier alpha value is -0.340. The second kappa shape index (κ2) is 7.17. The molecule has 0 radical (unpaired) electrons. The molecule has 1 atom stereocenters. The Balaban J connectivity index is 2.45. The molecule has 1 aliphatic heterocycles. The molecule has 1 rings (SSSR count). The molecule has 0 spiro atoms. The van der Waals surface area contributed by atoms with Crippen molar-refractivity contribution < 1.29 is 4.79 Å². The lowest BCUT2D eigenvalue weighted by Gasteiger charge is -2.25. The highest BCUT2D eigenvalue weighted by molar-refractivity contribution is 8.06. The summed E-state index contributed by atoms with van der Waals surface area (Å²) >= 11 is 3.86. The van der Waals surface area contributed by atoms with Gasteiger partial charge < -0.3 is 5.32 Å². The summed E-state index contributed by atoms with van der Waals surface area (Å²) in [6, 6.07) is 2.18. The smallest absolute Gasteiger partial charge is 0.240 e. The van der Waals surface area contributed by atoms with Crippen molar-refractivity contribution >= 4 is 29.4 Å². The second-order valence-electron chi connectivity index (χ2n) is 4.18. The van der Waals surface area contributed by atoms with Gasteiger partial charge in [-0.25, -0.2) is 0 Å². The molecule has 1 unspecified atom stereocenters. The molecule has 1 N–H and O–H groups in total. The maximum Gasteiger partial charge on any atom is 0.240 e. The number of thioether (sulfide) groups is 2. The number of hydrogen-bond donors (Lipinski definition) is 1. The van der Waals surface area contributed by atoms with E-state index in [-0.39, 0.29) is 5.91 Å². The molecule has 0 aromatic heterocycles. The van der Waals surface area contributed by atoms with Gasteiger partial charge in [-0.05, 0) is 12.8 Å². The minimum absolute atomic E-state index is 0.0961. The van der Waals surface area contributed by atoms with Crippen molar-refractivity contribution in [2.24, 2.45) is 5.41 Å². The quantitative estimate of drug-likeness (QED) is 0.834. The highest BCUT2D eigenvalue weighted by Crippen LogP contribution is 2.27. The molecule has 1 aliphatic rings. The maximum absolute atomic E-state index is 12.1. The van der Waals surface area contributed by atoms with Gasteiger partial charge in [0.2, 0.25) is 5.91 Å². The van der Waals surface area contributed by atoms with Crippen molar-refractivity contribution in [3.8, 4) is 6.07 Å². The van der Waals surface area contributed by atoms with Gasteiger partial charge in [0, 0.05) is 29.1 Å². The fourth-order valence-corrected chi connectivity index (χ4v) is 4.42. The van der Waals surface area contributed by atoms with Gasteiger partial charge in [0.05, 0.1) is 6.07 Å². The zero-order valence-corrected chi connectivity index (χ0v) is 12.1. The third kappa shape index (κ3) is 3.82. The molecule has 1 amide bonds. The fraction of sp³-hybridized carbons (Fsp3) is 0.833. The van der Waals surface area contributed by atoms with E-state index in [4.69, 9.17) is 5.26 Å². The summed E-state index contributed by atoms with van der Waals surface area (Å²) in [7, 11) is 0. The molecule has 0 aromatic rings. The van der Waals surface area contributed by atoms with Crippen LogP contribution in [0, 0.1) is 16.7 Å². The van der Waals surface area contributed by atoms with Crippen molar-refractivity contribution in [3.63, 3.8) is 0 Å². The van der Waals surface area contributed by atoms with Gasteiger partial charge in [0.1, 0.15) is 5.41 Å². The van der Waals surface area contributed by atoms with Crippen molar-refractivity contribution in [2.45, 2.75) is 31.9 Å². The molecule has 0 aliphatic carbocycles. The van der Waals surface area contributed by atoms with Crippen molar-refractivity contribution in [1.82, 2.24) is 5.32 Å². The average molecular weight is 272 g/mol. The molecule has 17 heavy (non-hydrogen) atoms. The lowest BCUT2D eigenvalue weighted by Crippen LogP contribution is -2.42. The Morgan fingerprint density at radius 1 is 1.47 bits per heavy atom. The number of rotatable bonds is 5. The van der Waals surface area contributed by atoms with E-state index >= 15 is 0 Å². The Morgan fingerprint density at radius 3 is 2.65 bits per heavy atom. The first-order valence-corrected chi connectivity index (χ1v) is 8.27.